The highest BCUT2D eigenvalue weighted by Gasteiger charge is 1.88. The van der Waals surface area contributed by atoms with Crippen LogP contribution >= 0.6 is 28.6 Å². The van der Waals surface area contributed by atoms with Gasteiger partial charge in [-0.25, -0.2) is 9.97 Å². The van der Waals surface area contributed by atoms with Gasteiger partial charge in [0.2, 0.25) is 0 Å². The maximum absolute atomic E-state index is 4.08. The van der Waals surface area contributed by atoms with E-state index in [0.717, 1.165) is 22.5 Å². The van der Waals surface area contributed by atoms with Crippen LogP contribution in [0.3, 0.4) is 0 Å². The van der Waals surface area contributed by atoms with Crippen LogP contribution in [-0.4, -0.2) is 15.7 Å². The van der Waals surface area contributed by atoms with E-state index in [4.69, 9.17) is 0 Å². The molecule has 4 heteroatoms. The average Bonchev–Trinajstić information content (AvgIpc) is 2.09. The zero-order valence-electron chi connectivity index (χ0n) is 6.44. The maximum Gasteiger partial charge on any atom is 0.151 e. The fourth-order valence-corrected chi connectivity index (χ4v) is 1.03. The van der Waals surface area contributed by atoms with E-state index in [0.29, 0.717) is 0 Å². The van der Waals surface area contributed by atoms with Crippen LogP contribution in [0, 0.1) is 0 Å². The standard InChI is InChI=1S/C8H9BrN2S/c9-7-5-10-8(11-6-7)3-1-2-4-12/h1,3,5-6,12H,2,4H2. The van der Waals surface area contributed by atoms with Crippen molar-refractivity contribution in [3.63, 3.8) is 0 Å². The summed E-state index contributed by atoms with van der Waals surface area (Å²) in [4.78, 5) is 8.16. The van der Waals surface area contributed by atoms with Crippen LogP contribution in [0.1, 0.15) is 12.2 Å². The first-order chi connectivity index (χ1) is 5.83. The third-order valence-electron chi connectivity index (χ3n) is 1.20. The quantitative estimate of drug-likeness (QED) is 0.828. The second-order valence-corrected chi connectivity index (χ2v) is 3.54. The number of halogens is 1. The highest BCUT2D eigenvalue weighted by atomic mass is 79.9. The zero-order chi connectivity index (χ0) is 8.81. The minimum absolute atomic E-state index is 0.736. The molecular weight excluding hydrogens is 236 g/mol. The normalized spacial score (nSPS) is 10.8. The van der Waals surface area contributed by atoms with E-state index in [-0.39, 0.29) is 0 Å². The molecule has 1 rings (SSSR count). The first-order valence-electron chi connectivity index (χ1n) is 3.58. The molecule has 12 heavy (non-hydrogen) atoms. The van der Waals surface area contributed by atoms with E-state index in [2.05, 4.69) is 38.5 Å². The Morgan fingerprint density at radius 2 is 2.08 bits per heavy atom. The molecule has 0 aliphatic rings. The van der Waals surface area contributed by atoms with Crippen LogP contribution in [0.5, 0.6) is 0 Å². The lowest BCUT2D eigenvalue weighted by Gasteiger charge is -1.90. The van der Waals surface area contributed by atoms with Crippen molar-refractivity contribution in [1.82, 2.24) is 9.97 Å². The van der Waals surface area contributed by atoms with Crippen LogP contribution in [0.15, 0.2) is 22.9 Å². The Morgan fingerprint density at radius 1 is 1.42 bits per heavy atom. The molecule has 1 aromatic rings. The minimum atomic E-state index is 0.736. The van der Waals surface area contributed by atoms with E-state index < -0.39 is 0 Å². The van der Waals surface area contributed by atoms with Gasteiger partial charge in [0.25, 0.3) is 0 Å². The van der Waals surface area contributed by atoms with Gasteiger partial charge in [0.15, 0.2) is 5.82 Å². The summed E-state index contributed by atoms with van der Waals surface area (Å²) in [6, 6.07) is 0. The van der Waals surface area contributed by atoms with Crippen molar-refractivity contribution < 1.29 is 0 Å². The van der Waals surface area contributed by atoms with Crippen LogP contribution in [-0.2, 0) is 0 Å². The van der Waals surface area contributed by atoms with Crippen molar-refractivity contribution in [2.45, 2.75) is 6.42 Å². The molecular formula is C8H9BrN2S. The van der Waals surface area contributed by atoms with Crippen molar-refractivity contribution in [2.75, 3.05) is 5.75 Å². The predicted molar refractivity (Wildman–Crippen MR) is 57.2 cm³/mol. The van der Waals surface area contributed by atoms with Crippen molar-refractivity contribution in [2.24, 2.45) is 0 Å². The van der Waals surface area contributed by atoms with Gasteiger partial charge in [-0.15, -0.1) is 0 Å². The third kappa shape index (κ3) is 3.36. The molecule has 0 aromatic carbocycles. The summed E-state index contributed by atoms with van der Waals surface area (Å²) >= 11 is 7.35. The van der Waals surface area contributed by atoms with Gasteiger partial charge in [-0.3, -0.25) is 0 Å². The lowest BCUT2D eigenvalue weighted by Crippen LogP contribution is -1.84. The molecule has 64 valence electrons. The summed E-state index contributed by atoms with van der Waals surface area (Å²) < 4.78 is 0.897. The molecule has 0 saturated heterocycles. The number of nitrogens with zero attached hydrogens (tertiary/aromatic N) is 2. The average molecular weight is 245 g/mol. The van der Waals surface area contributed by atoms with Gasteiger partial charge < -0.3 is 0 Å². The summed E-state index contributed by atoms with van der Waals surface area (Å²) in [5.74, 6) is 1.59. The molecule has 0 bridgehead atoms. The number of thiol groups is 1. The molecule has 0 fully saturated rings. The largest absolute Gasteiger partial charge is 0.236 e. The molecule has 0 amide bonds. The van der Waals surface area contributed by atoms with Crippen molar-refractivity contribution >= 4 is 34.6 Å². The molecule has 0 spiro atoms. The zero-order valence-corrected chi connectivity index (χ0v) is 8.92. The summed E-state index contributed by atoms with van der Waals surface area (Å²) in [7, 11) is 0. The van der Waals surface area contributed by atoms with Crippen molar-refractivity contribution in [1.29, 1.82) is 0 Å². The van der Waals surface area contributed by atoms with Gasteiger partial charge in [0.1, 0.15) is 0 Å². The highest BCUT2D eigenvalue weighted by Crippen LogP contribution is 2.05. The Labute approximate surface area is 85.7 Å². The molecule has 0 radical (unpaired) electrons. The van der Waals surface area contributed by atoms with Crippen molar-refractivity contribution in [3.8, 4) is 0 Å². The molecule has 2 nitrogen and oxygen atoms in total. The van der Waals surface area contributed by atoms with Gasteiger partial charge in [-0.2, -0.15) is 12.6 Å². The van der Waals surface area contributed by atoms with E-state index in [1.807, 2.05) is 12.2 Å². The third-order valence-corrected chi connectivity index (χ3v) is 1.87. The summed E-state index contributed by atoms with van der Waals surface area (Å²) in [6.45, 7) is 0. The van der Waals surface area contributed by atoms with Crippen LogP contribution in [0.2, 0.25) is 0 Å². The van der Waals surface area contributed by atoms with E-state index in [1.165, 1.54) is 0 Å². The summed E-state index contributed by atoms with van der Waals surface area (Å²) in [5, 5.41) is 0. The van der Waals surface area contributed by atoms with Gasteiger partial charge in [0.05, 0.1) is 4.47 Å². The molecule has 0 unspecified atom stereocenters. The highest BCUT2D eigenvalue weighted by molar-refractivity contribution is 9.10. The van der Waals surface area contributed by atoms with Crippen molar-refractivity contribution in [3.05, 3.63) is 28.8 Å². The second-order valence-electron chi connectivity index (χ2n) is 2.17. The number of rotatable bonds is 3. The molecule has 0 saturated carbocycles. The smallest absolute Gasteiger partial charge is 0.151 e. The Hall–Kier alpha value is -0.350. The topological polar surface area (TPSA) is 25.8 Å². The Morgan fingerprint density at radius 3 is 2.67 bits per heavy atom. The van der Waals surface area contributed by atoms with Crippen LogP contribution in [0.4, 0.5) is 0 Å². The molecule has 0 N–H and O–H groups in total. The number of hydrogen-bond donors (Lipinski definition) is 1. The summed E-state index contributed by atoms with van der Waals surface area (Å²) in [5.41, 5.74) is 0. The predicted octanol–water partition coefficient (Wildman–Crippen LogP) is 2.57. The van der Waals surface area contributed by atoms with Gasteiger partial charge in [-0.05, 0) is 34.2 Å². The molecule has 0 aliphatic heterocycles. The SMILES string of the molecule is SCCC=Cc1ncc(Br)cn1. The van der Waals surface area contributed by atoms with E-state index in [9.17, 15) is 0 Å². The van der Waals surface area contributed by atoms with Gasteiger partial charge >= 0.3 is 0 Å². The molecule has 1 aromatic heterocycles. The number of aromatic nitrogens is 2. The number of hydrogen-bond acceptors (Lipinski definition) is 3. The van der Waals surface area contributed by atoms with Gasteiger partial charge in [-0.1, -0.05) is 6.08 Å². The Bertz CT molecular complexity index is 258. The second kappa shape index (κ2) is 5.32. The van der Waals surface area contributed by atoms with E-state index in [1.54, 1.807) is 12.4 Å². The van der Waals surface area contributed by atoms with Gasteiger partial charge in [0, 0.05) is 12.4 Å². The minimum Gasteiger partial charge on any atom is -0.236 e. The molecule has 0 aliphatic carbocycles. The lowest BCUT2D eigenvalue weighted by atomic mass is 10.4. The maximum atomic E-state index is 4.08. The molecule has 1 heterocycles. The van der Waals surface area contributed by atoms with Crippen LogP contribution < -0.4 is 0 Å². The first kappa shape index (κ1) is 9.74. The monoisotopic (exact) mass is 244 g/mol. The lowest BCUT2D eigenvalue weighted by molar-refractivity contribution is 1.11. The molecule has 0 atom stereocenters. The Balaban J connectivity index is 2.58. The fourth-order valence-electron chi connectivity index (χ4n) is 0.672. The Kier molecular flexibility index (Phi) is 4.32. The number of allylic oxidation sites excluding steroid dienone is 1. The summed E-state index contributed by atoms with van der Waals surface area (Å²) in [6.07, 6.45) is 8.31. The fraction of sp³-hybridized carbons (Fsp3) is 0.250. The van der Waals surface area contributed by atoms with E-state index >= 15 is 0 Å². The van der Waals surface area contributed by atoms with Crippen LogP contribution in [0.25, 0.3) is 6.08 Å². The first-order valence-corrected chi connectivity index (χ1v) is 5.00.